The number of hydrogen-bond donors (Lipinski definition) is 0. The first-order chi connectivity index (χ1) is 26.5. The molecule has 1 spiro atoms. The van der Waals surface area contributed by atoms with Gasteiger partial charge in [-0.3, -0.25) is 0 Å². The van der Waals surface area contributed by atoms with E-state index in [0.717, 1.165) is 39.7 Å². The first kappa shape index (κ1) is 30.9. The van der Waals surface area contributed by atoms with Crippen molar-refractivity contribution in [3.8, 4) is 44.9 Å². The third kappa shape index (κ3) is 4.17. The van der Waals surface area contributed by atoms with Gasteiger partial charge in [0.15, 0.2) is 0 Å². The topological polar surface area (TPSA) is 12.5 Å². The Morgan fingerprint density at radius 3 is 1.61 bits per heavy atom. The molecule has 0 atom stereocenters. The minimum atomic E-state index is -0.609. The van der Waals surface area contributed by atoms with Gasteiger partial charge < -0.3 is 9.64 Å². The Labute approximate surface area is 316 Å². The van der Waals surface area contributed by atoms with Gasteiger partial charge in [-0.15, -0.1) is 0 Å². The molecular weight excluding hydrogens is 655 g/mol. The van der Waals surface area contributed by atoms with Crippen LogP contribution in [-0.4, -0.2) is 0 Å². The highest BCUT2D eigenvalue weighted by atomic mass is 16.5. The van der Waals surface area contributed by atoms with E-state index in [4.69, 9.17) is 4.74 Å². The van der Waals surface area contributed by atoms with Crippen LogP contribution < -0.4 is 9.64 Å². The van der Waals surface area contributed by atoms with Crippen LogP contribution in [-0.2, 0) is 10.8 Å². The van der Waals surface area contributed by atoms with Crippen molar-refractivity contribution in [2.24, 2.45) is 0 Å². The van der Waals surface area contributed by atoms with E-state index >= 15 is 0 Å². The van der Waals surface area contributed by atoms with Crippen LogP contribution in [0.25, 0.3) is 33.4 Å². The molecule has 54 heavy (non-hydrogen) atoms. The molecule has 0 N–H and O–H groups in total. The van der Waals surface area contributed by atoms with E-state index in [1.807, 2.05) is 0 Å². The van der Waals surface area contributed by atoms with E-state index in [9.17, 15) is 0 Å². The molecule has 0 unspecified atom stereocenters. The maximum Gasteiger partial charge on any atom is 0.132 e. The summed E-state index contributed by atoms with van der Waals surface area (Å²) in [5.74, 6) is 1.79. The van der Waals surface area contributed by atoms with Gasteiger partial charge in [-0.05, 0) is 92.5 Å². The third-order valence-electron chi connectivity index (χ3n) is 12.1. The first-order valence-electron chi connectivity index (χ1n) is 18.9. The highest BCUT2D eigenvalue weighted by Crippen LogP contribution is 2.65. The summed E-state index contributed by atoms with van der Waals surface area (Å²) in [6, 6.07) is 68.8. The summed E-state index contributed by atoms with van der Waals surface area (Å²) in [5.41, 5.74) is 17.8. The summed E-state index contributed by atoms with van der Waals surface area (Å²) in [5, 5.41) is 0. The van der Waals surface area contributed by atoms with E-state index in [2.05, 4.69) is 207 Å². The molecular formula is C52H37NO. The highest BCUT2D eigenvalue weighted by molar-refractivity contribution is 5.96. The van der Waals surface area contributed by atoms with Crippen LogP contribution in [0.3, 0.4) is 0 Å². The fraction of sp³-hybridized carbons (Fsp3) is 0.0769. The zero-order valence-electron chi connectivity index (χ0n) is 30.3. The molecule has 0 radical (unpaired) electrons. The summed E-state index contributed by atoms with van der Waals surface area (Å²) in [4.78, 5) is 2.50. The molecule has 0 amide bonds. The van der Waals surface area contributed by atoms with Gasteiger partial charge in [0.05, 0.1) is 11.1 Å². The summed E-state index contributed by atoms with van der Waals surface area (Å²) < 4.78 is 6.71. The average molecular weight is 692 g/mol. The normalized spacial score (nSPS) is 14.6. The molecule has 8 aromatic rings. The van der Waals surface area contributed by atoms with Gasteiger partial charge in [-0.2, -0.15) is 0 Å². The largest absolute Gasteiger partial charge is 0.457 e. The summed E-state index contributed by atoms with van der Waals surface area (Å²) >= 11 is 0. The standard InChI is InChI=1S/C52H37NO/c1-51(2)42-20-8-6-17-38(42)40-32-31-37(33-46(40)51)53(36-29-27-35(28-30-36)34-15-4-3-5-16-34)47-24-14-19-41-39-18-7-9-21-43(39)52(50(41)47)44-22-10-12-25-48(44)54-49-26-13-11-23-45(49)52/h3-33H,1-2H3. The van der Waals surface area contributed by atoms with E-state index in [-0.39, 0.29) is 5.41 Å². The molecule has 2 nitrogen and oxygen atoms in total. The molecule has 3 aliphatic rings. The monoisotopic (exact) mass is 691 g/mol. The number of nitrogens with zero attached hydrogens (tertiary/aromatic N) is 1. The van der Waals surface area contributed by atoms with Crippen LogP contribution in [0, 0.1) is 0 Å². The quantitative estimate of drug-likeness (QED) is 0.182. The van der Waals surface area contributed by atoms with Crippen molar-refractivity contribution in [1.29, 1.82) is 0 Å². The maximum absolute atomic E-state index is 6.71. The lowest BCUT2D eigenvalue weighted by atomic mass is 9.65. The molecule has 0 aromatic heterocycles. The number of anilines is 3. The summed E-state index contributed by atoms with van der Waals surface area (Å²) in [7, 11) is 0. The van der Waals surface area contributed by atoms with Crippen LogP contribution >= 0.6 is 0 Å². The molecule has 0 fully saturated rings. The smallest absolute Gasteiger partial charge is 0.132 e. The Kier molecular flexibility index (Phi) is 6.55. The number of ether oxygens (including phenoxy) is 1. The van der Waals surface area contributed by atoms with Crippen molar-refractivity contribution in [2.45, 2.75) is 24.7 Å². The van der Waals surface area contributed by atoms with Crippen LogP contribution in [0.1, 0.15) is 47.2 Å². The molecule has 256 valence electrons. The molecule has 1 heterocycles. The van der Waals surface area contributed by atoms with Gasteiger partial charge in [0.1, 0.15) is 11.5 Å². The number of para-hydroxylation sites is 2. The number of rotatable bonds is 4. The van der Waals surface area contributed by atoms with Crippen molar-refractivity contribution in [3.63, 3.8) is 0 Å². The zero-order chi connectivity index (χ0) is 36.0. The van der Waals surface area contributed by atoms with Gasteiger partial charge in [0.2, 0.25) is 0 Å². The van der Waals surface area contributed by atoms with Crippen molar-refractivity contribution < 1.29 is 4.74 Å². The van der Waals surface area contributed by atoms with Crippen molar-refractivity contribution in [2.75, 3.05) is 4.90 Å². The maximum atomic E-state index is 6.71. The second kappa shape index (κ2) is 11.4. The van der Waals surface area contributed by atoms with Gasteiger partial charge in [-0.25, -0.2) is 0 Å². The van der Waals surface area contributed by atoms with E-state index < -0.39 is 5.41 Å². The molecule has 8 aromatic carbocycles. The van der Waals surface area contributed by atoms with E-state index in [1.165, 1.54) is 55.6 Å². The number of hydrogen-bond acceptors (Lipinski definition) is 2. The highest BCUT2D eigenvalue weighted by Gasteiger charge is 2.53. The Balaban J connectivity index is 1.22. The van der Waals surface area contributed by atoms with Crippen LogP contribution in [0.15, 0.2) is 188 Å². The Morgan fingerprint density at radius 1 is 0.389 bits per heavy atom. The van der Waals surface area contributed by atoms with Crippen LogP contribution in [0.4, 0.5) is 17.1 Å². The van der Waals surface area contributed by atoms with Crippen LogP contribution in [0.2, 0.25) is 0 Å². The Morgan fingerprint density at radius 2 is 0.907 bits per heavy atom. The molecule has 0 bridgehead atoms. The lowest BCUT2D eigenvalue weighted by Gasteiger charge is -2.41. The molecule has 2 aliphatic carbocycles. The van der Waals surface area contributed by atoms with E-state index in [1.54, 1.807) is 0 Å². The van der Waals surface area contributed by atoms with Crippen molar-refractivity contribution in [3.05, 3.63) is 221 Å². The van der Waals surface area contributed by atoms with E-state index in [0.29, 0.717) is 0 Å². The Hall–Kier alpha value is -6.64. The SMILES string of the molecule is CC1(C)c2ccccc2-c2ccc(N(c3ccc(-c4ccccc4)cc3)c3cccc4c3C3(c5ccccc5Oc5ccccc53)c3ccccc3-4)cc21. The van der Waals surface area contributed by atoms with Crippen LogP contribution in [0.5, 0.6) is 11.5 Å². The fourth-order valence-electron chi connectivity index (χ4n) is 9.77. The minimum absolute atomic E-state index is 0.139. The fourth-order valence-corrected chi connectivity index (χ4v) is 9.77. The predicted molar refractivity (Wildman–Crippen MR) is 222 cm³/mol. The second-order valence-electron chi connectivity index (χ2n) is 15.2. The van der Waals surface area contributed by atoms with Gasteiger partial charge in [-0.1, -0.05) is 159 Å². The van der Waals surface area contributed by atoms with Gasteiger partial charge >= 0.3 is 0 Å². The summed E-state index contributed by atoms with van der Waals surface area (Å²) in [6.07, 6.45) is 0. The molecule has 11 rings (SSSR count). The minimum Gasteiger partial charge on any atom is -0.457 e. The first-order valence-corrected chi connectivity index (χ1v) is 18.9. The third-order valence-corrected chi connectivity index (χ3v) is 12.1. The Bertz CT molecular complexity index is 2730. The van der Waals surface area contributed by atoms with Crippen molar-refractivity contribution in [1.82, 2.24) is 0 Å². The zero-order valence-corrected chi connectivity index (χ0v) is 30.3. The average Bonchev–Trinajstić information content (AvgIpc) is 3.65. The summed E-state index contributed by atoms with van der Waals surface area (Å²) in [6.45, 7) is 4.73. The second-order valence-corrected chi connectivity index (χ2v) is 15.2. The number of benzene rings is 8. The van der Waals surface area contributed by atoms with Crippen molar-refractivity contribution >= 4 is 17.1 Å². The van der Waals surface area contributed by atoms with Gasteiger partial charge in [0.25, 0.3) is 0 Å². The number of fused-ring (bicyclic) bond motifs is 12. The predicted octanol–water partition coefficient (Wildman–Crippen LogP) is 13.6. The lowest BCUT2D eigenvalue weighted by Crippen LogP contribution is -2.33. The molecule has 2 heteroatoms. The lowest BCUT2D eigenvalue weighted by molar-refractivity contribution is 0.436. The molecule has 1 aliphatic heterocycles. The molecule has 0 saturated carbocycles. The molecule has 0 saturated heterocycles. The van der Waals surface area contributed by atoms with Gasteiger partial charge in [0, 0.05) is 33.5 Å².